The van der Waals surface area contributed by atoms with Crippen LogP contribution < -0.4 is 10.1 Å². The van der Waals surface area contributed by atoms with Gasteiger partial charge in [0.15, 0.2) is 0 Å². The zero-order valence-corrected chi connectivity index (χ0v) is 11.6. The van der Waals surface area contributed by atoms with Crippen molar-refractivity contribution < 1.29 is 17.9 Å². The minimum Gasteiger partial charge on any atom is -0.492 e. The van der Waals surface area contributed by atoms with Crippen LogP contribution in [0.2, 0.25) is 0 Å². The summed E-state index contributed by atoms with van der Waals surface area (Å²) in [6, 6.07) is 5.71. The van der Waals surface area contributed by atoms with Crippen molar-refractivity contribution >= 4 is 25.8 Å². The van der Waals surface area contributed by atoms with Crippen molar-refractivity contribution in [2.24, 2.45) is 0 Å². The molecule has 2 amide bonds. The van der Waals surface area contributed by atoms with Gasteiger partial charge in [0.05, 0.1) is 11.4 Å². The molecule has 8 heteroatoms. The van der Waals surface area contributed by atoms with Gasteiger partial charge in [-0.25, -0.2) is 13.2 Å². The molecular formula is C11H13ClN2O4S. The van der Waals surface area contributed by atoms with Crippen LogP contribution in [0.1, 0.15) is 0 Å². The first-order valence-corrected chi connectivity index (χ1v) is 7.98. The van der Waals surface area contributed by atoms with E-state index in [-0.39, 0.29) is 10.9 Å². The number of nitrogens with one attached hydrogen (secondary N) is 1. The first kappa shape index (κ1) is 14.0. The van der Waals surface area contributed by atoms with Crippen molar-refractivity contribution in [1.29, 1.82) is 0 Å². The third-order valence-electron chi connectivity index (χ3n) is 2.68. The first-order chi connectivity index (χ1) is 8.97. The molecule has 2 rings (SSSR count). The molecule has 0 spiro atoms. The minimum atomic E-state index is -3.70. The molecule has 0 aliphatic carbocycles. The maximum absolute atomic E-state index is 11.2. The van der Waals surface area contributed by atoms with Crippen LogP contribution in [0.3, 0.4) is 0 Å². The Hall–Kier alpha value is -1.47. The Kier molecular flexibility index (Phi) is 4.16. The lowest BCUT2D eigenvalue weighted by Gasteiger charge is -2.14. The highest BCUT2D eigenvalue weighted by molar-refractivity contribution is 8.13. The number of rotatable bonds is 5. The summed E-state index contributed by atoms with van der Waals surface area (Å²) in [4.78, 5) is 12.9. The van der Waals surface area contributed by atoms with Gasteiger partial charge in [0.25, 0.3) is 9.05 Å². The number of amides is 2. The minimum absolute atomic E-state index is 0.0282. The van der Waals surface area contributed by atoms with Gasteiger partial charge in [-0.05, 0) is 24.3 Å². The van der Waals surface area contributed by atoms with Crippen LogP contribution in [0.25, 0.3) is 0 Å². The van der Waals surface area contributed by atoms with Crippen molar-refractivity contribution in [3.63, 3.8) is 0 Å². The number of urea groups is 1. The number of benzene rings is 1. The molecule has 6 nitrogen and oxygen atoms in total. The maximum atomic E-state index is 11.2. The average Bonchev–Trinajstić information content (AvgIpc) is 2.75. The zero-order chi connectivity index (χ0) is 13.9. The predicted octanol–water partition coefficient (Wildman–Crippen LogP) is 1.02. The number of carbonyl (C=O) groups excluding carboxylic acids is 1. The standard InChI is InChI=1S/C11H13ClN2O4S/c12-19(16,17)10-3-1-9(2-4-10)18-8-7-14-6-5-13-11(14)15/h1-4H,5-8H2,(H,13,15). The normalized spacial score (nSPS) is 15.4. The quantitative estimate of drug-likeness (QED) is 0.824. The van der Waals surface area contributed by atoms with E-state index in [1.165, 1.54) is 24.3 Å². The van der Waals surface area contributed by atoms with Crippen molar-refractivity contribution in [2.45, 2.75) is 4.90 Å². The highest BCUT2D eigenvalue weighted by atomic mass is 35.7. The van der Waals surface area contributed by atoms with Crippen molar-refractivity contribution in [2.75, 3.05) is 26.2 Å². The number of hydrogen-bond donors (Lipinski definition) is 1. The fourth-order valence-electron chi connectivity index (χ4n) is 1.70. The summed E-state index contributed by atoms with van der Waals surface area (Å²) < 4.78 is 27.5. The number of halogens is 1. The van der Waals surface area contributed by atoms with E-state index in [1.54, 1.807) is 4.90 Å². The summed E-state index contributed by atoms with van der Waals surface area (Å²) in [6.07, 6.45) is 0. The van der Waals surface area contributed by atoms with E-state index in [2.05, 4.69) is 5.32 Å². The van der Waals surface area contributed by atoms with Crippen LogP contribution in [0, 0.1) is 0 Å². The van der Waals surface area contributed by atoms with E-state index in [9.17, 15) is 13.2 Å². The van der Waals surface area contributed by atoms with Crippen molar-refractivity contribution in [3.05, 3.63) is 24.3 Å². The second-order valence-electron chi connectivity index (χ2n) is 3.98. The van der Waals surface area contributed by atoms with Gasteiger partial charge in [-0.2, -0.15) is 0 Å². The molecule has 1 fully saturated rings. The van der Waals surface area contributed by atoms with Gasteiger partial charge >= 0.3 is 6.03 Å². The monoisotopic (exact) mass is 304 g/mol. The van der Waals surface area contributed by atoms with Crippen LogP contribution in [0.4, 0.5) is 4.79 Å². The van der Waals surface area contributed by atoms with E-state index in [0.717, 1.165) is 0 Å². The Labute approximate surface area is 115 Å². The molecule has 0 atom stereocenters. The molecule has 19 heavy (non-hydrogen) atoms. The Bertz CT molecular complexity index is 559. The third-order valence-corrected chi connectivity index (χ3v) is 4.05. The van der Waals surface area contributed by atoms with Gasteiger partial charge in [-0.3, -0.25) is 0 Å². The highest BCUT2D eigenvalue weighted by Gasteiger charge is 2.18. The Morgan fingerprint density at radius 1 is 1.32 bits per heavy atom. The van der Waals surface area contributed by atoms with Crippen LogP contribution in [0.15, 0.2) is 29.2 Å². The molecule has 1 aliphatic rings. The Morgan fingerprint density at radius 2 is 2.00 bits per heavy atom. The smallest absolute Gasteiger partial charge is 0.317 e. The summed E-state index contributed by atoms with van der Waals surface area (Å²) in [6.45, 7) is 2.16. The van der Waals surface area contributed by atoms with Crippen LogP contribution in [0.5, 0.6) is 5.75 Å². The van der Waals surface area contributed by atoms with Crippen LogP contribution >= 0.6 is 10.7 Å². The van der Waals surface area contributed by atoms with E-state index >= 15 is 0 Å². The molecule has 0 radical (unpaired) electrons. The second kappa shape index (κ2) is 5.66. The van der Waals surface area contributed by atoms with E-state index in [0.29, 0.717) is 32.0 Å². The summed E-state index contributed by atoms with van der Waals surface area (Å²) in [5, 5.41) is 2.69. The molecular weight excluding hydrogens is 292 g/mol. The lowest BCUT2D eigenvalue weighted by Crippen LogP contribution is -2.31. The summed E-state index contributed by atoms with van der Waals surface area (Å²) >= 11 is 0. The molecule has 1 aromatic carbocycles. The summed E-state index contributed by atoms with van der Waals surface area (Å²) in [5.74, 6) is 0.531. The zero-order valence-electron chi connectivity index (χ0n) is 10.0. The van der Waals surface area contributed by atoms with Crippen LogP contribution in [-0.2, 0) is 9.05 Å². The van der Waals surface area contributed by atoms with Crippen molar-refractivity contribution in [3.8, 4) is 5.75 Å². The predicted molar refractivity (Wildman–Crippen MR) is 69.9 cm³/mol. The van der Waals surface area contributed by atoms with Gasteiger partial charge in [-0.1, -0.05) is 0 Å². The lowest BCUT2D eigenvalue weighted by molar-refractivity contribution is 0.202. The Morgan fingerprint density at radius 3 is 2.53 bits per heavy atom. The summed E-state index contributed by atoms with van der Waals surface area (Å²) in [5.41, 5.74) is 0. The molecule has 1 saturated heterocycles. The van der Waals surface area contributed by atoms with Crippen molar-refractivity contribution in [1.82, 2.24) is 10.2 Å². The molecule has 104 valence electrons. The molecule has 0 bridgehead atoms. The SMILES string of the molecule is O=C1NCCN1CCOc1ccc(S(=O)(=O)Cl)cc1. The number of hydrogen-bond acceptors (Lipinski definition) is 4. The topological polar surface area (TPSA) is 75.7 Å². The van der Waals surface area contributed by atoms with Gasteiger partial charge in [0, 0.05) is 23.8 Å². The number of nitrogens with zero attached hydrogens (tertiary/aromatic N) is 1. The molecule has 1 heterocycles. The van der Waals surface area contributed by atoms with Crippen LogP contribution in [-0.4, -0.2) is 45.6 Å². The lowest BCUT2D eigenvalue weighted by atomic mass is 10.3. The summed E-state index contributed by atoms with van der Waals surface area (Å²) in [7, 11) is 1.49. The fourth-order valence-corrected chi connectivity index (χ4v) is 2.47. The Balaban J connectivity index is 1.85. The highest BCUT2D eigenvalue weighted by Crippen LogP contribution is 2.18. The van der Waals surface area contributed by atoms with E-state index in [4.69, 9.17) is 15.4 Å². The molecule has 0 unspecified atom stereocenters. The van der Waals surface area contributed by atoms with E-state index < -0.39 is 9.05 Å². The molecule has 1 N–H and O–H groups in total. The van der Waals surface area contributed by atoms with Gasteiger partial charge in [0.1, 0.15) is 12.4 Å². The first-order valence-electron chi connectivity index (χ1n) is 5.67. The number of carbonyl (C=O) groups is 1. The second-order valence-corrected chi connectivity index (χ2v) is 6.54. The van der Waals surface area contributed by atoms with E-state index in [1.807, 2.05) is 0 Å². The van der Waals surface area contributed by atoms with Gasteiger partial charge in [-0.15, -0.1) is 0 Å². The van der Waals surface area contributed by atoms with Gasteiger partial charge < -0.3 is 15.0 Å². The third kappa shape index (κ3) is 3.74. The fraction of sp³-hybridized carbons (Fsp3) is 0.364. The molecule has 0 saturated carbocycles. The molecule has 1 aliphatic heterocycles. The largest absolute Gasteiger partial charge is 0.492 e. The average molecular weight is 305 g/mol. The number of ether oxygens (including phenoxy) is 1. The molecule has 0 aromatic heterocycles. The maximum Gasteiger partial charge on any atom is 0.317 e. The van der Waals surface area contributed by atoms with Gasteiger partial charge in [0.2, 0.25) is 0 Å². The molecule has 1 aromatic rings.